The predicted octanol–water partition coefficient (Wildman–Crippen LogP) is 4.80. The van der Waals surface area contributed by atoms with E-state index in [4.69, 9.17) is 35.4 Å². The van der Waals surface area contributed by atoms with Crippen molar-refractivity contribution >= 4 is 51.9 Å². The lowest BCUT2D eigenvalue weighted by molar-refractivity contribution is 1.59. The van der Waals surface area contributed by atoms with Gasteiger partial charge in [-0.3, -0.25) is 0 Å². The van der Waals surface area contributed by atoms with Gasteiger partial charge in [0.25, 0.3) is 0 Å². The number of nitrogens with one attached hydrogen (secondary N) is 2. The first-order valence-electron chi connectivity index (χ1n) is 5.23. The van der Waals surface area contributed by atoms with Crippen molar-refractivity contribution in [1.82, 2.24) is 0 Å². The molecule has 92 valence electrons. The first-order valence-corrected chi connectivity index (χ1v) is 6.39. The van der Waals surface area contributed by atoms with Gasteiger partial charge >= 0.3 is 0 Å². The van der Waals surface area contributed by atoms with Crippen LogP contribution in [0.5, 0.6) is 0 Å². The lowest BCUT2D eigenvalue weighted by Crippen LogP contribution is -2.19. The second-order valence-electron chi connectivity index (χ2n) is 3.57. The fourth-order valence-electron chi connectivity index (χ4n) is 1.40. The van der Waals surface area contributed by atoms with Crippen molar-refractivity contribution in [2.24, 2.45) is 0 Å². The summed E-state index contributed by atoms with van der Waals surface area (Å²) in [4.78, 5) is 0. The molecule has 0 aliphatic rings. The fourth-order valence-corrected chi connectivity index (χ4v) is 1.96. The van der Waals surface area contributed by atoms with E-state index in [0.717, 1.165) is 5.69 Å². The summed E-state index contributed by atoms with van der Waals surface area (Å²) in [5.41, 5.74) is 1.59. The van der Waals surface area contributed by atoms with E-state index < -0.39 is 0 Å². The number of benzene rings is 2. The van der Waals surface area contributed by atoms with E-state index in [2.05, 4.69) is 10.6 Å². The zero-order valence-corrected chi connectivity index (χ0v) is 11.6. The number of para-hydroxylation sites is 1. The quantitative estimate of drug-likeness (QED) is 0.778. The highest BCUT2D eigenvalue weighted by Crippen LogP contribution is 2.25. The zero-order chi connectivity index (χ0) is 13.0. The molecular formula is C13H10Cl2N2S. The Hall–Kier alpha value is -1.29. The summed E-state index contributed by atoms with van der Waals surface area (Å²) in [5.74, 6) is 0. The Labute approximate surface area is 121 Å². The largest absolute Gasteiger partial charge is 0.332 e. The molecule has 2 N–H and O–H groups in total. The van der Waals surface area contributed by atoms with Gasteiger partial charge in [0.2, 0.25) is 0 Å². The second kappa shape index (κ2) is 6.05. The number of rotatable bonds is 2. The Bertz CT molecular complexity index is 558. The number of anilines is 2. The van der Waals surface area contributed by atoms with Crippen molar-refractivity contribution in [3.8, 4) is 0 Å². The molecule has 0 spiro atoms. The van der Waals surface area contributed by atoms with Crippen molar-refractivity contribution in [3.63, 3.8) is 0 Å². The van der Waals surface area contributed by atoms with Gasteiger partial charge in [-0.05, 0) is 42.5 Å². The van der Waals surface area contributed by atoms with Gasteiger partial charge in [-0.25, -0.2) is 0 Å². The maximum atomic E-state index is 6.03. The first kappa shape index (κ1) is 13.1. The SMILES string of the molecule is S=C(Nc1ccccc1)Nc1cc(Cl)ccc1Cl. The van der Waals surface area contributed by atoms with Crippen LogP contribution in [0.4, 0.5) is 11.4 Å². The summed E-state index contributed by atoms with van der Waals surface area (Å²) in [5, 5.41) is 7.69. The van der Waals surface area contributed by atoms with Crippen LogP contribution < -0.4 is 10.6 Å². The van der Waals surface area contributed by atoms with Gasteiger partial charge in [0.1, 0.15) is 0 Å². The molecular weight excluding hydrogens is 287 g/mol. The van der Waals surface area contributed by atoms with Crippen LogP contribution in [0.25, 0.3) is 0 Å². The second-order valence-corrected chi connectivity index (χ2v) is 4.82. The van der Waals surface area contributed by atoms with Crippen molar-refractivity contribution in [2.45, 2.75) is 0 Å². The maximum Gasteiger partial charge on any atom is 0.175 e. The van der Waals surface area contributed by atoms with Crippen LogP contribution in [0.1, 0.15) is 0 Å². The average molecular weight is 297 g/mol. The van der Waals surface area contributed by atoms with Crippen LogP contribution in [0.15, 0.2) is 48.5 Å². The van der Waals surface area contributed by atoms with Crippen LogP contribution in [-0.2, 0) is 0 Å². The van der Waals surface area contributed by atoms with E-state index in [1.807, 2.05) is 30.3 Å². The molecule has 0 aromatic heterocycles. The topological polar surface area (TPSA) is 24.1 Å². The van der Waals surface area contributed by atoms with E-state index in [0.29, 0.717) is 20.8 Å². The smallest absolute Gasteiger partial charge is 0.175 e. The lowest BCUT2D eigenvalue weighted by atomic mass is 10.3. The van der Waals surface area contributed by atoms with Crippen molar-refractivity contribution in [1.29, 1.82) is 0 Å². The molecule has 0 unspecified atom stereocenters. The molecule has 0 radical (unpaired) electrons. The first-order chi connectivity index (χ1) is 8.65. The van der Waals surface area contributed by atoms with Gasteiger partial charge in [-0.2, -0.15) is 0 Å². The Balaban J connectivity index is 2.05. The van der Waals surface area contributed by atoms with Gasteiger partial charge in [-0.15, -0.1) is 0 Å². The number of halogens is 2. The molecule has 0 atom stereocenters. The van der Waals surface area contributed by atoms with Crippen molar-refractivity contribution < 1.29 is 0 Å². The van der Waals surface area contributed by atoms with E-state index in [9.17, 15) is 0 Å². The van der Waals surface area contributed by atoms with E-state index in [-0.39, 0.29) is 0 Å². The third-order valence-corrected chi connectivity index (χ3v) is 2.98. The van der Waals surface area contributed by atoms with Gasteiger partial charge in [-0.1, -0.05) is 41.4 Å². The van der Waals surface area contributed by atoms with Gasteiger partial charge < -0.3 is 10.6 Å². The molecule has 0 bridgehead atoms. The average Bonchev–Trinajstić information content (AvgIpc) is 2.35. The lowest BCUT2D eigenvalue weighted by Gasteiger charge is -2.11. The van der Waals surface area contributed by atoms with Crippen LogP contribution in [0.3, 0.4) is 0 Å². The molecule has 0 amide bonds. The molecule has 0 fully saturated rings. The molecule has 0 aliphatic heterocycles. The Morgan fingerprint density at radius 3 is 2.39 bits per heavy atom. The third-order valence-electron chi connectivity index (χ3n) is 2.21. The van der Waals surface area contributed by atoms with Crippen molar-refractivity contribution in [3.05, 3.63) is 58.6 Å². The standard InChI is InChI=1S/C13H10Cl2N2S/c14-9-6-7-11(15)12(8-9)17-13(18)16-10-4-2-1-3-5-10/h1-8H,(H2,16,17,18). The van der Waals surface area contributed by atoms with E-state index >= 15 is 0 Å². The minimum absolute atomic E-state index is 0.463. The van der Waals surface area contributed by atoms with E-state index in [1.165, 1.54) is 0 Å². The minimum atomic E-state index is 0.463. The highest BCUT2D eigenvalue weighted by Gasteiger charge is 2.03. The molecule has 2 aromatic rings. The van der Waals surface area contributed by atoms with Gasteiger partial charge in [0.05, 0.1) is 10.7 Å². The molecule has 0 heterocycles. The highest BCUT2D eigenvalue weighted by atomic mass is 35.5. The molecule has 0 saturated carbocycles. The van der Waals surface area contributed by atoms with Gasteiger partial charge in [0, 0.05) is 10.7 Å². The molecule has 5 heteroatoms. The molecule has 18 heavy (non-hydrogen) atoms. The van der Waals surface area contributed by atoms with E-state index in [1.54, 1.807) is 18.2 Å². The fraction of sp³-hybridized carbons (Fsp3) is 0. The van der Waals surface area contributed by atoms with Crippen molar-refractivity contribution in [2.75, 3.05) is 10.6 Å². The predicted molar refractivity (Wildman–Crippen MR) is 82.7 cm³/mol. The van der Waals surface area contributed by atoms with Gasteiger partial charge in [0.15, 0.2) is 5.11 Å². The molecule has 2 rings (SSSR count). The maximum absolute atomic E-state index is 6.03. The van der Waals surface area contributed by atoms with Crippen LogP contribution in [0, 0.1) is 0 Å². The summed E-state index contributed by atoms with van der Waals surface area (Å²) in [7, 11) is 0. The summed E-state index contributed by atoms with van der Waals surface area (Å²) < 4.78 is 0. The van der Waals surface area contributed by atoms with Crippen LogP contribution in [0.2, 0.25) is 10.0 Å². The summed E-state index contributed by atoms with van der Waals surface area (Å²) in [6.07, 6.45) is 0. The summed E-state index contributed by atoms with van der Waals surface area (Å²) in [6, 6.07) is 14.8. The molecule has 0 aliphatic carbocycles. The minimum Gasteiger partial charge on any atom is -0.332 e. The Morgan fingerprint density at radius 1 is 0.944 bits per heavy atom. The molecule has 2 aromatic carbocycles. The number of thiocarbonyl (C=S) groups is 1. The zero-order valence-electron chi connectivity index (χ0n) is 9.28. The number of hydrogen-bond acceptors (Lipinski definition) is 1. The third kappa shape index (κ3) is 3.60. The summed E-state index contributed by atoms with van der Waals surface area (Å²) in [6.45, 7) is 0. The molecule has 0 saturated heterocycles. The molecule has 2 nitrogen and oxygen atoms in total. The summed E-state index contributed by atoms with van der Waals surface area (Å²) >= 11 is 17.1. The Morgan fingerprint density at radius 2 is 1.67 bits per heavy atom. The van der Waals surface area contributed by atoms with Crippen LogP contribution >= 0.6 is 35.4 Å². The van der Waals surface area contributed by atoms with Crippen LogP contribution in [-0.4, -0.2) is 5.11 Å². The normalized spacial score (nSPS) is 9.89. The Kier molecular flexibility index (Phi) is 4.42. The number of hydrogen-bond donors (Lipinski definition) is 2. The monoisotopic (exact) mass is 296 g/mol. The highest BCUT2D eigenvalue weighted by molar-refractivity contribution is 7.80.